The zero-order chi connectivity index (χ0) is 10.1. The van der Waals surface area contributed by atoms with E-state index in [0.29, 0.717) is 5.92 Å². The van der Waals surface area contributed by atoms with Crippen molar-refractivity contribution in [1.82, 2.24) is 0 Å². The fraction of sp³-hybridized carbons (Fsp3) is 0.429. The van der Waals surface area contributed by atoms with E-state index >= 15 is 0 Å². The van der Waals surface area contributed by atoms with E-state index in [2.05, 4.69) is 45.1 Å². The van der Waals surface area contributed by atoms with Crippen molar-refractivity contribution in [3.8, 4) is 0 Å². The van der Waals surface area contributed by atoms with Gasteiger partial charge in [0.2, 0.25) is 0 Å². The van der Waals surface area contributed by atoms with Crippen molar-refractivity contribution in [2.45, 2.75) is 33.6 Å². The van der Waals surface area contributed by atoms with E-state index < -0.39 is 0 Å². The molecule has 0 spiro atoms. The summed E-state index contributed by atoms with van der Waals surface area (Å²) < 4.78 is 0. The Bertz CT molecular complexity index is 361. The van der Waals surface area contributed by atoms with E-state index in [-0.39, 0.29) is 0 Å². The van der Waals surface area contributed by atoms with Crippen molar-refractivity contribution in [3.63, 3.8) is 0 Å². The Balaban J connectivity index is 2.41. The lowest BCUT2D eigenvalue weighted by Gasteiger charge is -2.11. The largest absolute Gasteiger partial charge is 0.0807 e. The lowest BCUT2D eigenvalue weighted by Crippen LogP contribution is -1.97. The van der Waals surface area contributed by atoms with Crippen LogP contribution in [0.25, 0.3) is 0 Å². The van der Waals surface area contributed by atoms with Gasteiger partial charge in [-0.05, 0) is 42.4 Å². The normalized spacial score (nSPS) is 25.8. The van der Waals surface area contributed by atoms with Crippen LogP contribution in [0.1, 0.15) is 33.6 Å². The number of rotatable bonds is 1. The highest BCUT2D eigenvalue weighted by Gasteiger charge is 2.19. The smallest absolute Gasteiger partial charge is 0.0150 e. The Kier molecular flexibility index (Phi) is 2.45. The Labute approximate surface area is 86.7 Å². The monoisotopic (exact) mass is 186 g/mol. The standard InChI is InChI=1S/C14H18/c1-4-12-7-5-10(2)13-8-6-11(3)14(13)9-12/h6-10H,4-5H2,1-3H3/t10-/m0/s1. The summed E-state index contributed by atoms with van der Waals surface area (Å²) in [6, 6.07) is 0. The molecular formula is C14H18. The lowest BCUT2D eigenvalue weighted by atomic mass is 9.93. The molecule has 0 aliphatic heterocycles. The van der Waals surface area contributed by atoms with Crippen molar-refractivity contribution in [1.29, 1.82) is 0 Å². The van der Waals surface area contributed by atoms with Crippen molar-refractivity contribution in [2.75, 3.05) is 0 Å². The Morgan fingerprint density at radius 3 is 2.86 bits per heavy atom. The fourth-order valence-electron chi connectivity index (χ4n) is 2.19. The minimum absolute atomic E-state index is 0.680. The summed E-state index contributed by atoms with van der Waals surface area (Å²) in [4.78, 5) is 0. The van der Waals surface area contributed by atoms with E-state index in [1.54, 1.807) is 0 Å². The van der Waals surface area contributed by atoms with Crippen LogP contribution in [0.5, 0.6) is 0 Å². The van der Waals surface area contributed by atoms with E-state index in [0.717, 1.165) is 6.42 Å². The van der Waals surface area contributed by atoms with E-state index in [1.807, 2.05) is 0 Å². The molecule has 0 aromatic carbocycles. The minimum Gasteiger partial charge on any atom is -0.0807 e. The number of hydrogen-bond donors (Lipinski definition) is 0. The minimum atomic E-state index is 0.680. The first-order valence-electron chi connectivity index (χ1n) is 5.52. The van der Waals surface area contributed by atoms with Crippen LogP contribution in [0.3, 0.4) is 0 Å². The average molecular weight is 186 g/mol. The molecule has 0 saturated heterocycles. The first-order valence-corrected chi connectivity index (χ1v) is 5.52. The molecule has 2 aliphatic carbocycles. The maximum atomic E-state index is 2.39. The highest BCUT2D eigenvalue weighted by atomic mass is 14.2. The molecule has 2 rings (SSSR count). The molecule has 0 unspecified atom stereocenters. The quantitative estimate of drug-likeness (QED) is 0.576. The van der Waals surface area contributed by atoms with Gasteiger partial charge in [-0.3, -0.25) is 0 Å². The molecule has 0 radical (unpaired) electrons. The highest BCUT2D eigenvalue weighted by Crippen LogP contribution is 2.36. The average Bonchev–Trinajstić information content (AvgIpc) is 2.45. The van der Waals surface area contributed by atoms with Crippen LogP contribution in [0.4, 0.5) is 0 Å². The highest BCUT2D eigenvalue weighted by molar-refractivity contribution is 5.58. The second-order valence-electron chi connectivity index (χ2n) is 4.30. The van der Waals surface area contributed by atoms with Gasteiger partial charge in [-0.2, -0.15) is 0 Å². The molecule has 0 heterocycles. The molecule has 2 aliphatic rings. The van der Waals surface area contributed by atoms with Crippen LogP contribution < -0.4 is 0 Å². The maximum absolute atomic E-state index is 2.39. The molecule has 0 aromatic heterocycles. The molecule has 0 amide bonds. The third-order valence-corrected chi connectivity index (χ3v) is 3.25. The molecule has 0 heteroatoms. The summed E-state index contributed by atoms with van der Waals surface area (Å²) in [5.74, 6) is 0.680. The topological polar surface area (TPSA) is 0 Å². The fourth-order valence-corrected chi connectivity index (χ4v) is 2.19. The summed E-state index contributed by atoms with van der Waals surface area (Å²) in [7, 11) is 0. The zero-order valence-corrected chi connectivity index (χ0v) is 9.30. The van der Waals surface area contributed by atoms with E-state index in [4.69, 9.17) is 0 Å². The van der Waals surface area contributed by atoms with Crippen LogP contribution in [0.15, 0.2) is 46.6 Å². The van der Waals surface area contributed by atoms with Gasteiger partial charge in [0.05, 0.1) is 0 Å². The van der Waals surface area contributed by atoms with Crippen molar-refractivity contribution in [3.05, 3.63) is 46.6 Å². The van der Waals surface area contributed by atoms with Crippen molar-refractivity contribution < 1.29 is 0 Å². The molecule has 0 nitrogen and oxygen atoms in total. The summed E-state index contributed by atoms with van der Waals surface area (Å²) in [5.41, 5.74) is 5.92. The number of allylic oxidation sites excluding steroid dienone is 8. The Hall–Kier alpha value is -1.04. The van der Waals surface area contributed by atoms with Gasteiger partial charge < -0.3 is 0 Å². The van der Waals surface area contributed by atoms with Gasteiger partial charge in [0.25, 0.3) is 0 Å². The molecule has 0 bridgehead atoms. The molecule has 0 aromatic rings. The summed E-state index contributed by atoms with van der Waals surface area (Å²) in [6.07, 6.45) is 11.6. The molecule has 0 N–H and O–H groups in total. The molecule has 74 valence electrons. The van der Waals surface area contributed by atoms with Gasteiger partial charge in [-0.25, -0.2) is 0 Å². The van der Waals surface area contributed by atoms with Crippen LogP contribution >= 0.6 is 0 Å². The Morgan fingerprint density at radius 1 is 1.36 bits per heavy atom. The lowest BCUT2D eigenvalue weighted by molar-refractivity contribution is 0.709. The van der Waals surface area contributed by atoms with Crippen molar-refractivity contribution >= 4 is 0 Å². The molecular weight excluding hydrogens is 168 g/mol. The third kappa shape index (κ3) is 1.50. The van der Waals surface area contributed by atoms with Crippen LogP contribution in [-0.2, 0) is 0 Å². The summed E-state index contributed by atoms with van der Waals surface area (Å²) >= 11 is 0. The van der Waals surface area contributed by atoms with Gasteiger partial charge in [0, 0.05) is 0 Å². The zero-order valence-electron chi connectivity index (χ0n) is 9.30. The van der Waals surface area contributed by atoms with Crippen LogP contribution in [0.2, 0.25) is 0 Å². The predicted octanol–water partition coefficient (Wildman–Crippen LogP) is 4.18. The first-order chi connectivity index (χ1) is 6.72. The summed E-state index contributed by atoms with van der Waals surface area (Å²) in [5, 5.41) is 0. The number of fused-ring (bicyclic) bond motifs is 1. The molecule has 0 fully saturated rings. The van der Waals surface area contributed by atoms with Gasteiger partial charge >= 0.3 is 0 Å². The molecule has 0 saturated carbocycles. The third-order valence-electron chi connectivity index (χ3n) is 3.25. The number of hydrogen-bond acceptors (Lipinski definition) is 0. The molecule has 1 atom stereocenters. The van der Waals surface area contributed by atoms with Crippen LogP contribution in [-0.4, -0.2) is 0 Å². The predicted molar refractivity (Wildman–Crippen MR) is 62.1 cm³/mol. The van der Waals surface area contributed by atoms with E-state index in [1.165, 1.54) is 28.7 Å². The second-order valence-corrected chi connectivity index (χ2v) is 4.30. The van der Waals surface area contributed by atoms with Gasteiger partial charge in [-0.15, -0.1) is 0 Å². The van der Waals surface area contributed by atoms with Gasteiger partial charge in [0.1, 0.15) is 0 Å². The SMILES string of the molecule is CCC1=CC[C@H](C)C2=CC=C(C)C2=C1. The molecule has 14 heavy (non-hydrogen) atoms. The van der Waals surface area contributed by atoms with Crippen molar-refractivity contribution in [2.24, 2.45) is 5.92 Å². The first kappa shape index (κ1) is 9.51. The Morgan fingerprint density at radius 2 is 2.14 bits per heavy atom. The maximum Gasteiger partial charge on any atom is -0.0150 e. The van der Waals surface area contributed by atoms with Gasteiger partial charge in [-0.1, -0.05) is 43.7 Å². The van der Waals surface area contributed by atoms with Gasteiger partial charge in [0.15, 0.2) is 0 Å². The summed E-state index contributed by atoms with van der Waals surface area (Å²) in [6.45, 7) is 6.76. The van der Waals surface area contributed by atoms with E-state index in [9.17, 15) is 0 Å². The second kappa shape index (κ2) is 3.61. The van der Waals surface area contributed by atoms with Crippen LogP contribution in [0, 0.1) is 5.92 Å².